The van der Waals surface area contributed by atoms with Crippen molar-refractivity contribution in [1.29, 1.82) is 0 Å². The summed E-state index contributed by atoms with van der Waals surface area (Å²) in [6.45, 7) is 12.6. The van der Waals surface area contributed by atoms with Crippen LogP contribution in [0.25, 0.3) is 0 Å². The fraction of sp³-hybridized carbons (Fsp3) is 1.00. The first kappa shape index (κ1) is 45.4. The molecule has 0 aromatic carbocycles. The average molecular weight is 668 g/mol. The number of unbranched alkanes of at least 4 members (excludes halogenated alkanes) is 17. The number of hydrogen-bond donors (Lipinski definition) is 1. The first-order valence-electron chi connectivity index (χ1n) is 18.5. The van der Waals surface area contributed by atoms with Gasteiger partial charge in [-0.05, 0) is 94.0 Å². The van der Waals surface area contributed by atoms with Gasteiger partial charge < -0.3 is 10.0 Å². The Hall–Kier alpha value is 1.32. The normalized spacial score (nSPS) is 11.3. The second kappa shape index (κ2) is 44.4. The van der Waals surface area contributed by atoms with Gasteiger partial charge in [-0.3, -0.25) is 0 Å². The zero-order valence-electron chi connectivity index (χ0n) is 29.2. The lowest BCUT2D eigenvalue weighted by Crippen LogP contribution is -2.27. The number of hydrogen-bond acceptors (Lipinski definition) is 6. The minimum atomic E-state index is 0.348. The molecule has 2 nitrogen and oxygen atoms in total. The maximum Gasteiger partial charge on any atom is 0.0431 e. The van der Waals surface area contributed by atoms with Crippen molar-refractivity contribution in [2.24, 2.45) is 0 Å². The van der Waals surface area contributed by atoms with Crippen molar-refractivity contribution >= 4 is 47.0 Å². The van der Waals surface area contributed by atoms with Crippen molar-refractivity contribution in [2.75, 3.05) is 59.4 Å². The van der Waals surface area contributed by atoms with E-state index in [0.717, 1.165) is 12.8 Å². The number of thioether (sulfide) groups is 4. The highest BCUT2D eigenvalue weighted by atomic mass is 32.2. The highest BCUT2D eigenvalue weighted by Crippen LogP contribution is 2.18. The Labute approximate surface area is 284 Å². The van der Waals surface area contributed by atoms with E-state index in [0.29, 0.717) is 6.61 Å². The van der Waals surface area contributed by atoms with Gasteiger partial charge in [0.15, 0.2) is 0 Å². The van der Waals surface area contributed by atoms with E-state index in [1.54, 1.807) is 0 Å². The molecule has 0 unspecified atom stereocenters. The summed E-state index contributed by atoms with van der Waals surface area (Å²) in [7, 11) is 0. The van der Waals surface area contributed by atoms with Gasteiger partial charge in [-0.2, -0.15) is 47.0 Å². The van der Waals surface area contributed by atoms with Crippen LogP contribution in [-0.2, 0) is 0 Å². The largest absolute Gasteiger partial charge is 0.396 e. The highest BCUT2D eigenvalue weighted by Gasteiger charge is 2.05. The lowest BCUT2D eigenvalue weighted by Gasteiger charge is -2.22. The third-order valence-electron chi connectivity index (χ3n) is 7.53. The van der Waals surface area contributed by atoms with E-state index in [2.05, 4.69) is 65.8 Å². The van der Waals surface area contributed by atoms with Gasteiger partial charge in [-0.25, -0.2) is 0 Å². The topological polar surface area (TPSA) is 23.5 Å². The fourth-order valence-corrected chi connectivity index (χ4v) is 9.35. The second-order valence-corrected chi connectivity index (χ2v) is 16.7. The van der Waals surface area contributed by atoms with E-state index in [1.807, 2.05) is 13.8 Å². The van der Waals surface area contributed by atoms with E-state index in [4.69, 9.17) is 0 Å². The number of aliphatic hydroxyl groups is 1. The first-order valence-corrected chi connectivity index (χ1v) is 23.1. The van der Waals surface area contributed by atoms with E-state index in [9.17, 15) is 5.11 Å². The minimum absolute atomic E-state index is 0.348. The highest BCUT2D eigenvalue weighted by molar-refractivity contribution is 8.16. The van der Waals surface area contributed by atoms with E-state index >= 15 is 0 Å². The standard InChI is InChI=1S/C34H71NOS4.C2H6/c1-3-5-21-29-37-33-39-31-23-15-11-7-9-13-17-25-35(27-19-20-28-36)26-18-14-10-8-12-16-24-32-40-34-38-30-22-6-4-2;1-2/h36H,3-34H2,1-2H3;1-2H3. The summed E-state index contributed by atoms with van der Waals surface area (Å²) in [6.07, 6.45) is 30.2. The molecule has 0 aliphatic rings. The summed E-state index contributed by atoms with van der Waals surface area (Å²) in [5.41, 5.74) is 0. The molecule has 0 saturated carbocycles. The molecule has 0 fully saturated rings. The van der Waals surface area contributed by atoms with Gasteiger partial charge in [0, 0.05) is 16.8 Å². The lowest BCUT2D eigenvalue weighted by molar-refractivity contribution is 0.234. The summed E-state index contributed by atoms with van der Waals surface area (Å²) >= 11 is 8.58. The first-order chi connectivity index (χ1) is 20.8. The summed E-state index contributed by atoms with van der Waals surface area (Å²) in [5.74, 6) is 5.44. The molecule has 256 valence electrons. The van der Waals surface area contributed by atoms with Crippen LogP contribution in [0.4, 0.5) is 0 Å². The van der Waals surface area contributed by atoms with E-state index in [1.165, 1.54) is 181 Å². The molecule has 0 aliphatic heterocycles. The van der Waals surface area contributed by atoms with Gasteiger partial charge in [0.2, 0.25) is 0 Å². The maximum absolute atomic E-state index is 9.19. The molecule has 0 radical (unpaired) electrons. The molecule has 0 aliphatic carbocycles. The molecule has 0 rings (SSSR count). The molecular formula is C36H77NOS4. The van der Waals surface area contributed by atoms with Gasteiger partial charge in [0.25, 0.3) is 0 Å². The smallest absolute Gasteiger partial charge is 0.0431 e. The summed E-state index contributed by atoms with van der Waals surface area (Å²) in [6, 6.07) is 0. The number of aliphatic hydroxyl groups excluding tert-OH is 1. The monoisotopic (exact) mass is 667 g/mol. The van der Waals surface area contributed by atoms with Crippen LogP contribution in [-0.4, -0.2) is 69.4 Å². The average Bonchev–Trinajstić information content (AvgIpc) is 3.01. The van der Waals surface area contributed by atoms with E-state index < -0.39 is 0 Å². The van der Waals surface area contributed by atoms with Crippen LogP contribution in [0.2, 0.25) is 0 Å². The second-order valence-electron chi connectivity index (χ2n) is 11.5. The predicted octanol–water partition coefficient (Wildman–Crippen LogP) is 12.8. The molecule has 0 bridgehead atoms. The molecule has 0 saturated heterocycles. The minimum Gasteiger partial charge on any atom is -0.396 e. The Balaban J connectivity index is 0. The Morgan fingerprint density at radius 1 is 0.381 bits per heavy atom. The van der Waals surface area contributed by atoms with Crippen molar-refractivity contribution in [1.82, 2.24) is 4.90 Å². The van der Waals surface area contributed by atoms with Crippen LogP contribution < -0.4 is 0 Å². The fourth-order valence-electron chi connectivity index (χ4n) is 4.89. The van der Waals surface area contributed by atoms with Crippen molar-refractivity contribution < 1.29 is 5.11 Å². The molecule has 0 aromatic heterocycles. The predicted molar refractivity (Wildman–Crippen MR) is 207 cm³/mol. The van der Waals surface area contributed by atoms with Crippen LogP contribution in [0.3, 0.4) is 0 Å². The van der Waals surface area contributed by atoms with Gasteiger partial charge in [-0.1, -0.05) is 118 Å². The van der Waals surface area contributed by atoms with Crippen LogP contribution in [0.15, 0.2) is 0 Å². The Kier molecular flexibility index (Phi) is 48.1. The Bertz CT molecular complexity index is 411. The summed E-state index contributed by atoms with van der Waals surface area (Å²) in [5, 5.41) is 11.8. The third kappa shape index (κ3) is 41.3. The van der Waals surface area contributed by atoms with Crippen molar-refractivity contribution in [2.45, 2.75) is 169 Å². The van der Waals surface area contributed by atoms with Crippen LogP contribution in [0, 0.1) is 0 Å². The van der Waals surface area contributed by atoms with Crippen LogP contribution in [0.5, 0.6) is 0 Å². The molecular weight excluding hydrogens is 591 g/mol. The number of rotatable bonds is 36. The van der Waals surface area contributed by atoms with Crippen molar-refractivity contribution in [3.05, 3.63) is 0 Å². The molecule has 1 N–H and O–H groups in total. The SMILES string of the molecule is CC.CCCCCSCSCCCCCCCCCN(CCCCO)CCCCCCCCCSCSCCCCC. The summed E-state index contributed by atoms with van der Waals surface area (Å²) < 4.78 is 0. The molecule has 0 spiro atoms. The van der Waals surface area contributed by atoms with Gasteiger partial charge in [0.1, 0.15) is 0 Å². The Morgan fingerprint density at radius 3 is 1.00 bits per heavy atom. The summed E-state index contributed by atoms with van der Waals surface area (Å²) in [4.78, 5) is 2.70. The Morgan fingerprint density at radius 2 is 0.667 bits per heavy atom. The molecule has 0 aromatic rings. The van der Waals surface area contributed by atoms with Crippen molar-refractivity contribution in [3.8, 4) is 0 Å². The molecule has 6 heteroatoms. The van der Waals surface area contributed by atoms with Gasteiger partial charge in [-0.15, -0.1) is 0 Å². The molecule has 0 heterocycles. The molecule has 0 amide bonds. The van der Waals surface area contributed by atoms with Gasteiger partial charge in [0.05, 0.1) is 0 Å². The zero-order chi connectivity index (χ0) is 31.0. The van der Waals surface area contributed by atoms with Crippen LogP contribution in [0.1, 0.15) is 169 Å². The lowest BCUT2D eigenvalue weighted by atomic mass is 10.1. The third-order valence-corrected chi connectivity index (χ3v) is 12.5. The molecule has 42 heavy (non-hydrogen) atoms. The van der Waals surface area contributed by atoms with Gasteiger partial charge >= 0.3 is 0 Å². The number of nitrogens with zero attached hydrogens (tertiary/aromatic N) is 1. The zero-order valence-corrected chi connectivity index (χ0v) is 32.4. The van der Waals surface area contributed by atoms with E-state index in [-0.39, 0.29) is 0 Å². The van der Waals surface area contributed by atoms with Crippen LogP contribution >= 0.6 is 47.0 Å². The maximum atomic E-state index is 9.19. The van der Waals surface area contributed by atoms with Crippen molar-refractivity contribution in [3.63, 3.8) is 0 Å². The quantitative estimate of drug-likeness (QED) is 0.0527. The molecule has 0 atom stereocenters.